The highest BCUT2D eigenvalue weighted by Gasteiger charge is 2.12. The summed E-state index contributed by atoms with van der Waals surface area (Å²) in [5.74, 6) is 0.401. The number of ether oxygens (including phenoxy) is 2. The molecule has 4 nitrogen and oxygen atoms in total. The van der Waals surface area contributed by atoms with Gasteiger partial charge in [-0.25, -0.2) is 4.79 Å². The second-order valence-electron chi connectivity index (χ2n) is 4.40. The van der Waals surface area contributed by atoms with Crippen molar-refractivity contribution in [2.24, 2.45) is 0 Å². The Bertz CT molecular complexity index is 647. The van der Waals surface area contributed by atoms with E-state index in [0.29, 0.717) is 17.1 Å². The standard InChI is InChI=1S/C16H16O4/c1-10-4-5-11(8-14(10)16(17)18)13-7-6-12(19-2)9-15(13)20-3/h4-9H,1-3H3,(H,17,18). The van der Waals surface area contributed by atoms with Gasteiger partial charge in [-0.1, -0.05) is 12.1 Å². The highest BCUT2D eigenvalue weighted by molar-refractivity contribution is 5.91. The van der Waals surface area contributed by atoms with Crippen LogP contribution in [-0.2, 0) is 0 Å². The minimum absolute atomic E-state index is 0.292. The fourth-order valence-corrected chi connectivity index (χ4v) is 2.06. The minimum Gasteiger partial charge on any atom is -0.497 e. The fourth-order valence-electron chi connectivity index (χ4n) is 2.06. The molecular formula is C16H16O4. The summed E-state index contributed by atoms with van der Waals surface area (Å²) < 4.78 is 10.5. The summed E-state index contributed by atoms with van der Waals surface area (Å²) in [4.78, 5) is 11.2. The first-order chi connectivity index (χ1) is 9.56. The van der Waals surface area contributed by atoms with Gasteiger partial charge in [0.25, 0.3) is 0 Å². The Labute approximate surface area is 117 Å². The maximum absolute atomic E-state index is 11.2. The van der Waals surface area contributed by atoms with Crippen LogP contribution in [0, 0.1) is 6.92 Å². The number of rotatable bonds is 4. The number of carbonyl (C=O) groups is 1. The molecule has 20 heavy (non-hydrogen) atoms. The Kier molecular flexibility index (Phi) is 3.94. The fraction of sp³-hybridized carbons (Fsp3) is 0.188. The third kappa shape index (κ3) is 2.59. The van der Waals surface area contributed by atoms with Crippen molar-refractivity contribution in [2.75, 3.05) is 14.2 Å². The average Bonchev–Trinajstić information content (AvgIpc) is 2.46. The number of hydrogen-bond donors (Lipinski definition) is 1. The van der Waals surface area contributed by atoms with Crippen molar-refractivity contribution >= 4 is 5.97 Å². The Morgan fingerprint density at radius 1 is 1.05 bits per heavy atom. The van der Waals surface area contributed by atoms with Crippen LogP contribution in [0.15, 0.2) is 36.4 Å². The Morgan fingerprint density at radius 3 is 2.40 bits per heavy atom. The number of aryl methyl sites for hydroxylation is 1. The second-order valence-corrected chi connectivity index (χ2v) is 4.40. The van der Waals surface area contributed by atoms with Crippen LogP contribution in [0.4, 0.5) is 0 Å². The molecular weight excluding hydrogens is 256 g/mol. The van der Waals surface area contributed by atoms with Crippen LogP contribution in [0.5, 0.6) is 11.5 Å². The number of methoxy groups -OCH3 is 2. The molecule has 0 aliphatic carbocycles. The van der Waals surface area contributed by atoms with Gasteiger partial charge in [0, 0.05) is 11.6 Å². The third-order valence-corrected chi connectivity index (χ3v) is 3.19. The summed E-state index contributed by atoms with van der Waals surface area (Å²) in [5, 5.41) is 9.19. The monoisotopic (exact) mass is 272 g/mol. The van der Waals surface area contributed by atoms with E-state index in [2.05, 4.69) is 0 Å². The maximum atomic E-state index is 11.2. The first kappa shape index (κ1) is 13.9. The number of benzene rings is 2. The summed E-state index contributed by atoms with van der Waals surface area (Å²) in [6, 6.07) is 10.8. The summed E-state index contributed by atoms with van der Waals surface area (Å²) >= 11 is 0. The van der Waals surface area contributed by atoms with Crippen molar-refractivity contribution in [3.63, 3.8) is 0 Å². The Hall–Kier alpha value is -2.49. The Balaban J connectivity index is 2.56. The zero-order valence-electron chi connectivity index (χ0n) is 11.6. The van der Waals surface area contributed by atoms with Gasteiger partial charge in [-0.05, 0) is 36.2 Å². The molecule has 2 rings (SSSR count). The summed E-state index contributed by atoms with van der Waals surface area (Å²) in [5.41, 5.74) is 2.65. The van der Waals surface area contributed by atoms with Crippen molar-refractivity contribution < 1.29 is 19.4 Å². The maximum Gasteiger partial charge on any atom is 0.335 e. The van der Waals surface area contributed by atoms with Crippen LogP contribution in [0.25, 0.3) is 11.1 Å². The van der Waals surface area contributed by atoms with E-state index in [-0.39, 0.29) is 0 Å². The third-order valence-electron chi connectivity index (χ3n) is 3.19. The molecule has 0 saturated carbocycles. The normalized spacial score (nSPS) is 10.2. The van der Waals surface area contributed by atoms with Gasteiger partial charge >= 0.3 is 5.97 Å². The smallest absolute Gasteiger partial charge is 0.335 e. The zero-order chi connectivity index (χ0) is 14.7. The van der Waals surface area contributed by atoms with Gasteiger partial charge in [-0.2, -0.15) is 0 Å². The van der Waals surface area contributed by atoms with Gasteiger partial charge in [0.15, 0.2) is 0 Å². The van der Waals surface area contributed by atoms with Gasteiger partial charge in [-0.15, -0.1) is 0 Å². The van der Waals surface area contributed by atoms with Crippen LogP contribution < -0.4 is 9.47 Å². The van der Waals surface area contributed by atoms with Gasteiger partial charge in [0.05, 0.1) is 19.8 Å². The molecule has 0 radical (unpaired) electrons. The molecule has 0 aliphatic rings. The van der Waals surface area contributed by atoms with Crippen LogP contribution in [-0.4, -0.2) is 25.3 Å². The molecule has 0 bridgehead atoms. The molecule has 2 aromatic carbocycles. The lowest BCUT2D eigenvalue weighted by molar-refractivity contribution is 0.0696. The van der Waals surface area contributed by atoms with Crippen LogP contribution in [0.2, 0.25) is 0 Å². The van der Waals surface area contributed by atoms with Crippen molar-refractivity contribution in [1.29, 1.82) is 0 Å². The lowest BCUT2D eigenvalue weighted by Gasteiger charge is -2.12. The van der Waals surface area contributed by atoms with Gasteiger partial charge in [0.1, 0.15) is 11.5 Å². The van der Waals surface area contributed by atoms with Gasteiger partial charge < -0.3 is 14.6 Å². The van der Waals surface area contributed by atoms with Gasteiger partial charge in [0.2, 0.25) is 0 Å². The van der Waals surface area contributed by atoms with Crippen molar-refractivity contribution in [3.05, 3.63) is 47.5 Å². The predicted molar refractivity (Wildman–Crippen MR) is 76.7 cm³/mol. The highest BCUT2D eigenvalue weighted by atomic mass is 16.5. The molecule has 0 spiro atoms. The highest BCUT2D eigenvalue weighted by Crippen LogP contribution is 2.34. The summed E-state index contributed by atoms with van der Waals surface area (Å²) in [6.07, 6.45) is 0. The molecule has 0 saturated heterocycles. The molecule has 1 N–H and O–H groups in total. The summed E-state index contributed by atoms with van der Waals surface area (Å²) in [7, 11) is 3.16. The lowest BCUT2D eigenvalue weighted by Crippen LogP contribution is -2.00. The molecule has 0 fully saturated rings. The van der Waals surface area contributed by atoms with E-state index in [9.17, 15) is 9.90 Å². The number of carboxylic acids is 1. The molecule has 0 amide bonds. The van der Waals surface area contributed by atoms with Crippen LogP contribution in [0.1, 0.15) is 15.9 Å². The van der Waals surface area contributed by atoms with E-state index >= 15 is 0 Å². The number of carboxylic acid groups (broad SMARTS) is 1. The van der Waals surface area contributed by atoms with E-state index in [4.69, 9.17) is 9.47 Å². The largest absolute Gasteiger partial charge is 0.497 e. The van der Waals surface area contributed by atoms with E-state index in [1.54, 1.807) is 39.3 Å². The SMILES string of the molecule is COc1ccc(-c2ccc(C)c(C(=O)O)c2)c(OC)c1. The topological polar surface area (TPSA) is 55.8 Å². The second kappa shape index (κ2) is 5.65. The van der Waals surface area contributed by atoms with E-state index < -0.39 is 5.97 Å². The first-order valence-electron chi connectivity index (χ1n) is 6.13. The van der Waals surface area contributed by atoms with Crippen LogP contribution in [0.3, 0.4) is 0 Å². The number of aromatic carboxylic acids is 1. The molecule has 0 aromatic heterocycles. The molecule has 0 aliphatic heterocycles. The van der Waals surface area contributed by atoms with E-state index in [0.717, 1.165) is 16.7 Å². The Morgan fingerprint density at radius 2 is 1.80 bits per heavy atom. The van der Waals surface area contributed by atoms with E-state index in [1.807, 2.05) is 18.2 Å². The quantitative estimate of drug-likeness (QED) is 0.927. The molecule has 2 aromatic rings. The van der Waals surface area contributed by atoms with Crippen molar-refractivity contribution in [1.82, 2.24) is 0 Å². The minimum atomic E-state index is -0.933. The van der Waals surface area contributed by atoms with Crippen LogP contribution >= 0.6 is 0 Å². The molecule has 4 heteroatoms. The van der Waals surface area contributed by atoms with Crippen molar-refractivity contribution in [3.8, 4) is 22.6 Å². The van der Waals surface area contributed by atoms with Crippen molar-refractivity contribution in [2.45, 2.75) is 6.92 Å². The van der Waals surface area contributed by atoms with Gasteiger partial charge in [-0.3, -0.25) is 0 Å². The number of hydrogen-bond acceptors (Lipinski definition) is 3. The average molecular weight is 272 g/mol. The summed E-state index contributed by atoms with van der Waals surface area (Å²) in [6.45, 7) is 1.78. The molecule has 104 valence electrons. The first-order valence-corrected chi connectivity index (χ1v) is 6.13. The lowest BCUT2D eigenvalue weighted by atomic mass is 9.99. The predicted octanol–water partition coefficient (Wildman–Crippen LogP) is 3.38. The van der Waals surface area contributed by atoms with E-state index in [1.165, 1.54) is 0 Å². The molecule has 0 heterocycles. The molecule has 0 atom stereocenters. The molecule has 0 unspecified atom stereocenters. The zero-order valence-corrected chi connectivity index (χ0v) is 11.6.